The second-order valence-electron chi connectivity index (χ2n) is 4.58. The molecule has 118 valence electrons. The predicted molar refractivity (Wildman–Crippen MR) is 74.2 cm³/mol. The Morgan fingerprint density at radius 1 is 1.29 bits per heavy atom. The summed E-state index contributed by atoms with van der Waals surface area (Å²) in [6.45, 7) is 2.28. The highest BCUT2D eigenvalue weighted by Gasteiger charge is 2.26. The number of alkyl halides is 2. The van der Waals surface area contributed by atoms with Crippen LogP contribution in [0.1, 0.15) is 19.8 Å². The first-order valence-electron chi connectivity index (χ1n) is 6.35. The third kappa shape index (κ3) is 4.96. The molecule has 0 aliphatic carbocycles. The first-order chi connectivity index (χ1) is 9.77. The maximum Gasteiger partial charge on any atom is 0.341 e. The van der Waals surface area contributed by atoms with Crippen LogP contribution >= 0.6 is 0 Å². The highest BCUT2D eigenvalue weighted by Crippen LogP contribution is 2.20. The van der Waals surface area contributed by atoms with Crippen LogP contribution in [0.15, 0.2) is 29.2 Å². The number of hydrogen-bond donors (Lipinski definition) is 2. The molecule has 0 radical (unpaired) electrons. The molecule has 0 saturated heterocycles. The minimum absolute atomic E-state index is 0.0291. The summed E-state index contributed by atoms with van der Waals surface area (Å²) in [4.78, 5) is 10.2. The highest BCUT2D eigenvalue weighted by atomic mass is 32.2. The van der Waals surface area contributed by atoms with Gasteiger partial charge in [0.15, 0.2) is 0 Å². The molecule has 0 fully saturated rings. The molecular formula is C13H17F2NO4S. The Labute approximate surface area is 121 Å². The summed E-state index contributed by atoms with van der Waals surface area (Å²) in [5, 5.41) is 11.7. The van der Waals surface area contributed by atoms with Gasteiger partial charge < -0.3 is 10.4 Å². The van der Waals surface area contributed by atoms with Crippen molar-refractivity contribution in [1.82, 2.24) is 0 Å². The SMILES string of the molecule is CCC(CNc1ccc(S(=O)(=O)C(F)F)cc1)CC(=O)O. The van der Waals surface area contributed by atoms with Gasteiger partial charge in [-0.2, -0.15) is 8.78 Å². The molecule has 0 amide bonds. The first-order valence-corrected chi connectivity index (χ1v) is 7.89. The molecule has 0 spiro atoms. The molecule has 0 aliphatic rings. The Morgan fingerprint density at radius 3 is 2.29 bits per heavy atom. The molecule has 2 N–H and O–H groups in total. The van der Waals surface area contributed by atoms with E-state index in [0.29, 0.717) is 18.7 Å². The van der Waals surface area contributed by atoms with E-state index in [-0.39, 0.29) is 12.3 Å². The number of anilines is 1. The zero-order chi connectivity index (χ0) is 16.0. The number of hydrogen-bond acceptors (Lipinski definition) is 4. The number of carbonyl (C=O) groups is 1. The van der Waals surface area contributed by atoms with E-state index >= 15 is 0 Å². The fourth-order valence-electron chi connectivity index (χ4n) is 1.74. The summed E-state index contributed by atoms with van der Waals surface area (Å²) in [5.41, 5.74) is 0.548. The van der Waals surface area contributed by atoms with Crippen LogP contribution in [0.5, 0.6) is 0 Å². The van der Waals surface area contributed by atoms with Crippen molar-refractivity contribution >= 4 is 21.5 Å². The molecule has 1 unspecified atom stereocenters. The van der Waals surface area contributed by atoms with Gasteiger partial charge in [0, 0.05) is 18.7 Å². The van der Waals surface area contributed by atoms with Gasteiger partial charge in [0.25, 0.3) is 0 Å². The maximum atomic E-state index is 12.4. The number of carboxylic acids is 1. The molecule has 1 aromatic carbocycles. The smallest absolute Gasteiger partial charge is 0.341 e. The van der Waals surface area contributed by atoms with E-state index in [4.69, 9.17) is 5.11 Å². The van der Waals surface area contributed by atoms with Crippen molar-refractivity contribution in [1.29, 1.82) is 0 Å². The van der Waals surface area contributed by atoms with E-state index in [9.17, 15) is 22.0 Å². The van der Waals surface area contributed by atoms with E-state index in [1.807, 2.05) is 6.92 Å². The van der Waals surface area contributed by atoms with Crippen LogP contribution in [0.25, 0.3) is 0 Å². The minimum atomic E-state index is -4.58. The fraction of sp³-hybridized carbons (Fsp3) is 0.462. The van der Waals surface area contributed by atoms with Crippen molar-refractivity contribution in [3.05, 3.63) is 24.3 Å². The van der Waals surface area contributed by atoms with Gasteiger partial charge in [0.2, 0.25) is 9.84 Å². The number of nitrogens with one attached hydrogen (secondary N) is 1. The van der Waals surface area contributed by atoms with E-state index in [0.717, 1.165) is 12.1 Å². The number of aliphatic carboxylic acids is 1. The molecule has 5 nitrogen and oxygen atoms in total. The molecule has 1 atom stereocenters. The average molecular weight is 321 g/mol. The van der Waals surface area contributed by atoms with Gasteiger partial charge in [-0.1, -0.05) is 13.3 Å². The summed E-state index contributed by atoms with van der Waals surface area (Å²) in [5.74, 6) is -4.40. The summed E-state index contributed by atoms with van der Waals surface area (Å²) in [6.07, 6.45) is 0.707. The molecule has 1 aromatic rings. The van der Waals surface area contributed by atoms with Crippen molar-refractivity contribution in [2.75, 3.05) is 11.9 Å². The number of benzene rings is 1. The zero-order valence-corrected chi connectivity index (χ0v) is 12.2. The molecule has 0 aromatic heterocycles. The van der Waals surface area contributed by atoms with Gasteiger partial charge in [0.05, 0.1) is 4.90 Å². The van der Waals surface area contributed by atoms with Gasteiger partial charge in [-0.15, -0.1) is 0 Å². The predicted octanol–water partition coefficient (Wildman–Crippen LogP) is 2.60. The fourth-order valence-corrected chi connectivity index (χ4v) is 2.46. The highest BCUT2D eigenvalue weighted by molar-refractivity contribution is 7.91. The lowest BCUT2D eigenvalue weighted by Crippen LogP contribution is -2.17. The first kappa shape index (κ1) is 17.4. The van der Waals surface area contributed by atoms with Crippen molar-refractivity contribution < 1.29 is 27.1 Å². The molecule has 0 heterocycles. The second-order valence-corrected chi connectivity index (χ2v) is 6.50. The van der Waals surface area contributed by atoms with Crippen LogP contribution in [-0.2, 0) is 14.6 Å². The lowest BCUT2D eigenvalue weighted by molar-refractivity contribution is -0.138. The summed E-state index contributed by atoms with van der Waals surface area (Å²) < 4.78 is 47.2. The van der Waals surface area contributed by atoms with Crippen LogP contribution < -0.4 is 5.32 Å². The van der Waals surface area contributed by atoms with Crippen molar-refractivity contribution in [3.8, 4) is 0 Å². The molecule has 21 heavy (non-hydrogen) atoms. The quantitative estimate of drug-likeness (QED) is 0.769. The number of halogens is 2. The Kier molecular flexibility index (Phi) is 6.07. The van der Waals surface area contributed by atoms with Crippen LogP contribution in [0.2, 0.25) is 0 Å². The van der Waals surface area contributed by atoms with Gasteiger partial charge in [-0.3, -0.25) is 4.79 Å². The summed E-state index contributed by atoms with van der Waals surface area (Å²) >= 11 is 0. The number of sulfone groups is 1. The van der Waals surface area contributed by atoms with Crippen LogP contribution in [0, 0.1) is 5.92 Å². The van der Waals surface area contributed by atoms with E-state index in [2.05, 4.69) is 5.32 Å². The summed E-state index contributed by atoms with van der Waals surface area (Å²) in [7, 11) is -4.58. The molecule has 0 aliphatic heterocycles. The third-order valence-corrected chi connectivity index (χ3v) is 4.45. The van der Waals surface area contributed by atoms with Crippen LogP contribution in [0.4, 0.5) is 14.5 Å². The van der Waals surface area contributed by atoms with E-state index in [1.54, 1.807) is 0 Å². The maximum absolute atomic E-state index is 12.4. The van der Waals surface area contributed by atoms with Gasteiger partial charge in [-0.05, 0) is 30.2 Å². The summed E-state index contributed by atoms with van der Waals surface area (Å²) in [6, 6.07) is 4.95. The van der Waals surface area contributed by atoms with Gasteiger partial charge in [0.1, 0.15) is 0 Å². The number of rotatable bonds is 8. The Morgan fingerprint density at radius 2 is 1.86 bits per heavy atom. The molecule has 0 saturated carbocycles. The average Bonchev–Trinajstić information content (AvgIpc) is 2.43. The Hall–Kier alpha value is -1.70. The lowest BCUT2D eigenvalue weighted by Gasteiger charge is -2.14. The second kappa shape index (κ2) is 7.35. The topological polar surface area (TPSA) is 83.5 Å². The Balaban J connectivity index is 2.69. The van der Waals surface area contributed by atoms with Gasteiger partial charge >= 0.3 is 11.7 Å². The zero-order valence-electron chi connectivity index (χ0n) is 11.4. The standard InChI is InChI=1S/C13H17F2NO4S/c1-2-9(7-12(17)18)8-16-10-3-5-11(6-4-10)21(19,20)13(14)15/h3-6,9,13,16H,2,7-8H2,1H3,(H,17,18). The molecule has 0 bridgehead atoms. The van der Waals surface area contributed by atoms with Crippen molar-refractivity contribution in [2.45, 2.75) is 30.4 Å². The normalized spacial score (nSPS) is 13.1. The van der Waals surface area contributed by atoms with E-state index < -0.39 is 26.5 Å². The van der Waals surface area contributed by atoms with E-state index in [1.165, 1.54) is 12.1 Å². The largest absolute Gasteiger partial charge is 0.481 e. The molecule has 1 rings (SSSR count). The molecular weight excluding hydrogens is 304 g/mol. The van der Waals surface area contributed by atoms with Crippen molar-refractivity contribution in [3.63, 3.8) is 0 Å². The van der Waals surface area contributed by atoms with Crippen LogP contribution in [0.3, 0.4) is 0 Å². The third-order valence-electron chi connectivity index (χ3n) is 3.05. The van der Waals surface area contributed by atoms with Gasteiger partial charge in [-0.25, -0.2) is 8.42 Å². The Bertz CT molecular complexity index is 572. The van der Waals surface area contributed by atoms with Crippen molar-refractivity contribution in [2.24, 2.45) is 5.92 Å². The van der Waals surface area contributed by atoms with Crippen LogP contribution in [-0.4, -0.2) is 31.8 Å². The minimum Gasteiger partial charge on any atom is -0.481 e. The monoisotopic (exact) mass is 321 g/mol. The molecule has 8 heteroatoms. The number of carboxylic acid groups (broad SMARTS) is 1. The lowest BCUT2D eigenvalue weighted by atomic mass is 10.0.